The number of carbonyl (C=O) groups excluding carboxylic acids is 2. The van der Waals surface area contributed by atoms with E-state index < -0.39 is 41.5 Å². The second-order valence-corrected chi connectivity index (χ2v) is 6.21. The third-order valence-corrected chi connectivity index (χ3v) is 4.15. The molecule has 2 amide bonds. The lowest BCUT2D eigenvalue weighted by Gasteiger charge is -2.12. The number of quaternary nitrogens is 1. The summed E-state index contributed by atoms with van der Waals surface area (Å²) in [6.07, 6.45) is 0. The number of anilines is 1. The van der Waals surface area contributed by atoms with Crippen molar-refractivity contribution < 1.29 is 28.1 Å². The van der Waals surface area contributed by atoms with Gasteiger partial charge in [-0.05, 0) is 25.1 Å². The zero-order valence-corrected chi connectivity index (χ0v) is 15.1. The van der Waals surface area contributed by atoms with E-state index in [0.29, 0.717) is 11.1 Å². The zero-order chi connectivity index (χ0) is 20.0. The summed E-state index contributed by atoms with van der Waals surface area (Å²) in [6, 6.07) is 8.76. The van der Waals surface area contributed by atoms with Gasteiger partial charge in [0.05, 0.1) is 12.2 Å². The Balaban J connectivity index is 1.79. The molecule has 4 N–H and O–H groups in total. The summed E-state index contributed by atoms with van der Waals surface area (Å²) in [6.45, 7) is 1.48. The third-order valence-electron chi connectivity index (χ3n) is 3.81. The van der Waals surface area contributed by atoms with E-state index in [9.17, 15) is 22.8 Å². The highest BCUT2D eigenvalue weighted by Crippen LogP contribution is 2.20. The molecule has 0 bridgehead atoms. The molecule has 0 fully saturated rings. The van der Waals surface area contributed by atoms with Crippen molar-refractivity contribution in [3.05, 3.63) is 64.4 Å². The predicted octanol–water partition coefficient (Wildman–Crippen LogP) is 2.14. The van der Waals surface area contributed by atoms with Crippen molar-refractivity contribution in [3.8, 4) is 0 Å². The number of nitrogens with two attached hydrogens (primary N) is 1. The van der Waals surface area contributed by atoms with Crippen LogP contribution in [0.1, 0.15) is 18.5 Å². The first-order valence-corrected chi connectivity index (χ1v) is 8.45. The van der Waals surface area contributed by atoms with Crippen LogP contribution in [-0.4, -0.2) is 24.9 Å². The zero-order valence-electron chi connectivity index (χ0n) is 14.4. The summed E-state index contributed by atoms with van der Waals surface area (Å²) in [5.41, 5.74) is 0.366. The van der Waals surface area contributed by atoms with Gasteiger partial charge in [-0.25, -0.2) is 13.2 Å². The molecule has 0 aliphatic rings. The Labute approximate surface area is 158 Å². The van der Waals surface area contributed by atoms with Gasteiger partial charge >= 0.3 is 0 Å². The van der Waals surface area contributed by atoms with Crippen molar-refractivity contribution in [2.75, 3.05) is 18.4 Å². The van der Waals surface area contributed by atoms with E-state index in [2.05, 4.69) is 10.6 Å². The lowest BCUT2D eigenvalue weighted by Crippen LogP contribution is -2.87. The molecular formula is C18H18ClF3N3O2+. The number of halogens is 4. The molecule has 0 aromatic heterocycles. The summed E-state index contributed by atoms with van der Waals surface area (Å²) in [4.78, 5) is 23.6. The number of hydrogen-bond donors (Lipinski definition) is 3. The van der Waals surface area contributed by atoms with Crippen LogP contribution < -0.4 is 16.0 Å². The highest BCUT2D eigenvalue weighted by atomic mass is 35.5. The molecular weight excluding hydrogens is 383 g/mol. The number of rotatable bonds is 7. The number of benzene rings is 2. The molecule has 9 heteroatoms. The Bertz CT molecular complexity index is 849. The van der Waals surface area contributed by atoms with E-state index in [1.807, 2.05) is 19.1 Å². The molecule has 0 saturated carbocycles. The van der Waals surface area contributed by atoms with Crippen molar-refractivity contribution in [2.45, 2.75) is 13.0 Å². The molecule has 0 saturated heterocycles. The maximum atomic E-state index is 13.5. The summed E-state index contributed by atoms with van der Waals surface area (Å²) < 4.78 is 39.5. The number of hydrogen-bond acceptors (Lipinski definition) is 2. The van der Waals surface area contributed by atoms with E-state index in [4.69, 9.17) is 11.6 Å². The quantitative estimate of drug-likeness (QED) is 0.623. The second kappa shape index (κ2) is 9.38. The summed E-state index contributed by atoms with van der Waals surface area (Å²) in [5.74, 6) is -5.74. The van der Waals surface area contributed by atoms with Crippen LogP contribution in [0.5, 0.6) is 0 Å². The fraction of sp³-hybridized carbons (Fsp3) is 0.222. The maximum absolute atomic E-state index is 13.5. The molecule has 2 aromatic rings. The van der Waals surface area contributed by atoms with Crippen LogP contribution in [0.15, 0.2) is 36.4 Å². The fourth-order valence-corrected chi connectivity index (χ4v) is 2.63. The monoisotopic (exact) mass is 400 g/mol. The van der Waals surface area contributed by atoms with Crippen LogP contribution in [-0.2, 0) is 9.59 Å². The number of amides is 2. The van der Waals surface area contributed by atoms with Gasteiger partial charge in [-0.3, -0.25) is 9.59 Å². The van der Waals surface area contributed by atoms with Crippen LogP contribution in [0.4, 0.5) is 18.9 Å². The van der Waals surface area contributed by atoms with Gasteiger partial charge in [-0.2, -0.15) is 0 Å². The SMILES string of the molecule is C[C@@H]([NH2+]CC(=O)NCC(=O)Nc1ccc(F)c(F)c1F)c1ccccc1Cl. The standard InChI is InChI=1S/C18H17ClF3N3O2/c1-10(11-4-2-3-5-12(11)19)23-8-15(26)24-9-16(27)25-14-7-6-13(20)17(21)18(14)22/h2-7,10,23H,8-9H2,1H3,(H,24,26)(H,25,27)/p+1/t10-/m1/s1. The molecule has 0 aliphatic heterocycles. The van der Waals surface area contributed by atoms with Crippen molar-refractivity contribution >= 4 is 29.1 Å². The van der Waals surface area contributed by atoms with Gasteiger partial charge in [0.1, 0.15) is 6.04 Å². The minimum Gasteiger partial charge on any atom is -0.342 e. The predicted molar refractivity (Wildman–Crippen MR) is 94.6 cm³/mol. The Kier molecular flexibility index (Phi) is 7.20. The Morgan fingerprint density at radius 3 is 2.48 bits per heavy atom. The van der Waals surface area contributed by atoms with E-state index in [1.165, 1.54) is 0 Å². The van der Waals surface area contributed by atoms with Crippen LogP contribution in [0, 0.1) is 17.5 Å². The van der Waals surface area contributed by atoms with Crippen LogP contribution in [0.3, 0.4) is 0 Å². The van der Waals surface area contributed by atoms with Crippen LogP contribution in [0.25, 0.3) is 0 Å². The molecule has 0 heterocycles. The van der Waals surface area contributed by atoms with E-state index in [0.717, 1.165) is 11.6 Å². The van der Waals surface area contributed by atoms with Crippen molar-refractivity contribution in [2.24, 2.45) is 0 Å². The number of carbonyl (C=O) groups is 2. The first-order valence-electron chi connectivity index (χ1n) is 8.07. The molecule has 0 aliphatic carbocycles. The van der Waals surface area contributed by atoms with Crippen molar-refractivity contribution in [1.29, 1.82) is 0 Å². The van der Waals surface area contributed by atoms with Crippen LogP contribution in [0.2, 0.25) is 5.02 Å². The van der Waals surface area contributed by atoms with Crippen molar-refractivity contribution in [3.63, 3.8) is 0 Å². The molecule has 0 spiro atoms. The molecule has 1 atom stereocenters. The Morgan fingerprint density at radius 2 is 1.78 bits per heavy atom. The van der Waals surface area contributed by atoms with Gasteiger partial charge < -0.3 is 16.0 Å². The molecule has 144 valence electrons. The summed E-state index contributed by atoms with van der Waals surface area (Å²) >= 11 is 6.09. The number of nitrogens with one attached hydrogen (secondary N) is 2. The third kappa shape index (κ3) is 5.70. The summed E-state index contributed by atoms with van der Waals surface area (Å²) in [5, 5.41) is 6.76. The first kappa shape index (κ1) is 20.7. The van der Waals surface area contributed by atoms with E-state index in [1.54, 1.807) is 17.4 Å². The minimum atomic E-state index is -1.68. The first-order chi connectivity index (χ1) is 12.8. The maximum Gasteiger partial charge on any atom is 0.275 e. The van der Waals surface area contributed by atoms with Crippen molar-refractivity contribution in [1.82, 2.24) is 5.32 Å². The highest BCUT2D eigenvalue weighted by Gasteiger charge is 2.17. The lowest BCUT2D eigenvalue weighted by molar-refractivity contribution is -0.682. The fourth-order valence-electron chi connectivity index (χ4n) is 2.32. The molecule has 0 unspecified atom stereocenters. The van der Waals surface area contributed by atoms with Gasteiger partial charge in [-0.1, -0.05) is 29.8 Å². The molecule has 0 radical (unpaired) electrons. The molecule has 2 aromatic carbocycles. The Hall–Kier alpha value is -2.58. The molecule has 2 rings (SSSR count). The van der Waals surface area contributed by atoms with Gasteiger partial charge in [0.2, 0.25) is 5.91 Å². The largest absolute Gasteiger partial charge is 0.342 e. The van der Waals surface area contributed by atoms with Gasteiger partial charge in [0, 0.05) is 10.6 Å². The van der Waals surface area contributed by atoms with Gasteiger partial charge in [-0.15, -0.1) is 0 Å². The Morgan fingerprint density at radius 1 is 1.07 bits per heavy atom. The molecule has 5 nitrogen and oxygen atoms in total. The average Bonchev–Trinajstić information content (AvgIpc) is 2.65. The van der Waals surface area contributed by atoms with Crippen LogP contribution >= 0.6 is 11.6 Å². The van der Waals surface area contributed by atoms with Gasteiger partial charge in [0.25, 0.3) is 5.91 Å². The summed E-state index contributed by atoms with van der Waals surface area (Å²) in [7, 11) is 0. The highest BCUT2D eigenvalue weighted by molar-refractivity contribution is 6.31. The lowest BCUT2D eigenvalue weighted by atomic mass is 10.1. The second-order valence-electron chi connectivity index (χ2n) is 5.80. The van der Waals surface area contributed by atoms with Gasteiger partial charge in [0.15, 0.2) is 24.0 Å². The minimum absolute atomic E-state index is 0.0409. The smallest absolute Gasteiger partial charge is 0.275 e. The van der Waals surface area contributed by atoms with E-state index in [-0.39, 0.29) is 12.6 Å². The van der Waals surface area contributed by atoms with E-state index >= 15 is 0 Å². The molecule has 27 heavy (non-hydrogen) atoms. The average molecular weight is 401 g/mol. The normalized spacial score (nSPS) is 11.7. The topological polar surface area (TPSA) is 74.8 Å².